The summed E-state index contributed by atoms with van der Waals surface area (Å²) in [5.41, 5.74) is 2.90. The largest absolute Gasteiger partial charge is 0.469 e. The van der Waals surface area contributed by atoms with E-state index in [1.807, 2.05) is 44.2 Å². The van der Waals surface area contributed by atoms with Crippen molar-refractivity contribution in [3.63, 3.8) is 0 Å². The third kappa shape index (κ3) is 2.28. The molecule has 1 atom stereocenters. The van der Waals surface area contributed by atoms with Gasteiger partial charge in [-0.1, -0.05) is 12.1 Å². The van der Waals surface area contributed by atoms with E-state index in [9.17, 15) is 4.79 Å². The molecule has 0 amide bonds. The molecule has 0 radical (unpaired) electrons. The van der Waals surface area contributed by atoms with Crippen LogP contribution in [0.5, 0.6) is 0 Å². The monoisotopic (exact) mass is 229 g/mol. The minimum absolute atomic E-state index is 0.218. The number of rotatable bonds is 2. The zero-order valence-electron chi connectivity index (χ0n) is 10.2. The topological polar surface area (TPSA) is 39.2 Å². The first kappa shape index (κ1) is 11.6. The quantitative estimate of drug-likeness (QED) is 0.743. The van der Waals surface area contributed by atoms with E-state index in [-0.39, 0.29) is 11.9 Å². The van der Waals surface area contributed by atoms with Crippen LogP contribution < -0.4 is 0 Å². The van der Waals surface area contributed by atoms with Crippen molar-refractivity contribution in [3.8, 4) is 0 Å². The van der Waals surface area contributed by atoms with Gasteiger partial charge in [-0.05, 0) is 37.6 Å². The summed E-state index contributed by atoms with van der Waals surface area (Å²) >= 11 is 0. The lowest BCUT2D eigenvalue weighted by atomic mass is 9.99. The molecule has 0 saturated carbocycles. The maximum atomic E-state index is 11.5. The molecule has 0 N–H and O–H groups in total. The smallest absolute Gasteiger partial charge is 0.312 e. The van der Waals surface area contributed by atoms with Crippen molar-refractivity contribution in [1.29, 1.82) is 0 Å². The molecule has 3 nitrogen and oxygen atoms in total. The third-order valence-electron chi connectivity index (χ3n) is 2.91. The van der Waals surface area contributed by atoms with Crippen LogP contribution in [0, 0.1) is 6.92 Å². The van der Waals surface area contributed by atoms with Gasteiger partial charge in [-0.15, -0.1) is 0 Å². The molecule has 3 heteroatoms. The summed E-state index contributed by atoms with van der Waals surface area (Å²) in [5, 5.41) is 1.05. The highest BCUT2D eigenvalue weighted by molar-refractivity contribution is 5.83. The first-order chi connectivity index (χ1) is 8.11. The van der Waals surface area contributed by atoms with E-state index >= 15 is 0 Å². The molecule has 0 aliphatic heterocycles. The average Bonchev–Trinajstić information content (AvgIpc) is 2.36. The van der Waals surface area contributed by atoms with Crippen molar-refractivity contribution >= 4 is 16.9 Å². The lowest BCUT2D eigenvalue weighted by Crippen LogP contribution is -2.10. The van der Waals surface area contributed by atoms with Gasteiger partial charge in [-0.25, -0.2) is 0 Å². The van der Waals surface area contributed by atoms with Crippen molar-refractivity contribution in [2.24, 2.45) is 0 Å². The van der Waals surface area contributed by atoms with E-state index in [4.69, 9.17) is 4.74 Å². The summed E-state index contributed by atoms with van der Waals surface area (Å²) in [5.74, 6) is -0.463. The molecule has 0 aliphatic carbocycles. The van der Waals surface area contributed by atoms with Gasteiger partial charge in [0.25, 0.3) is 0 Å². The fraction of sp³-hybridized carbons (Fsp3) is 0.286. The van der Waals surface area contributed by atoms with Crippen molar-refractivity contribution in [1.82, 2.24) is 4.98 Å². The molecule has 1 aromatic carbocycles. The minimum atomic E-state index is -0.245. The fourth-order valence-corrected chi connectivity index (χ4v) is 1.83. The summed E-state index contributed by atoms with van der Waals surface area (Å²) in [7, 11) is 1.41. The number of carbonyl (C=O) groups is 1. The summed E-state index contributed by atoms with van der Waals surface area (Å²) in [6.45, 7) is 3.80. The zero-order chi connectivity index (χ0) is 12.4. The van der Waals surface area contributed by atoms with E-state index < -0.39 is 0 Å². The number of aromatic nitrogens is 1. The number of pyridine rings is 1. The number of fused-ring (bicyclic) bond motifs is 1. The first-order valence-corrected chi connectivity index (χ1v) is 5.57. The highest BCUT2D eigenvalue weighted by Gasteiger charge is 2.15. The van der Waals surface area contributed by atoms with Crippen LogP contribution in [0.4, 0.5) is 0 Å². The van der Waals surface area contributed by atoms with Crippen molar-refractivity contribution in [3.05, 3.63) is 41.6 Å². The Morgan fingerprint density at radius 2 is 2.06 bits per heavy atom. The van der Waals surface area contributed by atoms with Crippen LogP contribution in [0.25, 0.3) is 10.9 Å². The molecule has 17 heavy (non-hydrogen) atoms. The Kier molecular flexibility index (Phi) is 3.09. The predicted molar refractivity (Wildman–Crippen MR) is 66.9 cm³/mol. The summed E-state index contributed by atoms with van der Waals surface area (Å²) < 4.78 is 4.74. The third-order valence-corrected chi connectivity index (χ3v) is 2.91. The van der Waals surface area contributed by atoms with Crippen LogP contribution in [0.1, 0.15) is 24.1 Å². The molecule has 2 rings (SSSR count). The summed E-state index contributed by atoms with van der Waals surface area (Å²) in [6.07, 6.45) is 0. The Morgan fingerprint density at radius 3 is 2.76 bits per heavy atom. The highest BCUT2D eigenvalue weighted by atomic mass is 16.5. The van der Waals surface area contributed by atoms with Gasteiger partial charge in [0.15, 0.2) is 0 Å². The van der Waals surface area contributed by atoms with E-state index in [1.165, 1.54) is 7.11 Å². The Morgan fingerprint density at radius 1 is 1.29 bits per heavy atom. The maximum absolute atomic E-state index is 11.5. The van der Waals surface area contributed by atoms with Gasteiger partial charge in [-0.2, -0.15) is 0 Å². The molecule has 0 spiro atoms. The fourth-order valence-electron chi connectivity index (χ4n) is 1.83. The van der Waals surface area contributed by atoms with Crippen molar-refractivity contribution in [2.75, 3.05) is 7.11 Å². The van der Waals surface area contributed by atoms with Crippen molar-refractivity contribution in [2.45, 2.75) is 19.8 Å². The number of hydrogen-bond donors (Lipinski definition) is 0. The first-order valence-electron chi connectivity index (χ1n) is 5.57. The van der Waals surface area contributed by atoms with Gasteiger partial charge in [0.1, 0.15) is 0 Å². The van der Waals surface area contributed by atoms with Crippen LogP contribution in [-0.4, -0.2) is 18.1 Å². The predicted octanol–water partition coefficient (Wildman–Crippen LogP) is 2.82. The Bertz CT molecular complexity index is 563. The molecule has 88 valence electrons. The second-order valence-corrected chi connectivity index (χ2v) is 4.15. The number of hydrogen-bond acceptors (Lipinski definition) is 3. The molecule has 1 aromatic heterocycles. The number of aryl methyl sites for hydroxylation is 1. The average molecular weight is 229 g/mol. The second-order valence-electron chi connectivity index (χ2n) is 4.15. The summed E-state index contributed by atoms with van der Waals surface area (Å²) in [4.78, 5) is 15.9. The van der Waals surface area contributed by atoms with Crippen LogP contribution in [0.15, 0.2) is 30.3 Å². The molecular formula is C14H15NO2. The number of esters is 1. The second kappa shape index (κ2) is 4.53. The molecule has 0 aliphatic rings. The van der Waals surface area contributed by atoms with E-state index in [0.717, 1.165) is 22.2 Å². The number of ether oxygens (including phenoxy) is 1. The minimum Gasteiger partial charge on any atom is -0.469 e. The molecule has 0 saturated heterocycles. The molecule has 2 aromatic rings. The van der Waals surface area contributed by atoms with Gasteiger partial charge in [-0.3, -0.25) is 9.78 Å². The number of benzene rings is 1. The van der Waals surface area contributed by atoms with Crippen molar-refractivity contribution < 1.29 is 9.53 Å². The molecular weight excluding hydrogens is 214 g/mol. The van der Waals surface area contributed by atoms with Crippen LogP contribution >= 0.6 is 0 Å². The van der Waals surface area contributed by atoms with E-state index in [2.05, 4.69) is 4.98 Å². The number of nitrogens with zero attached hydrogens (tertiary/aromatic N) is 1. The van der Waals surface area contributed by atoms with E-state index in [1.54, 1.807) is 0 Å². The van der Waals surface area contributed by atoms with Gasteiger partial charge in [0, 0.05) is 11.1 Å². The standard InChI is InChI=1S/C14H15NO2/c1-9-4-5-12-8-11(6-7-13(12)15-9)10(2)14(16)17-3/h4-8,10H,1-3H3. The van der Waals surface area contributed by atoms with Gasteiger partial charge in [0.05, 0.1) is 18.5 Å². The van der Waals surface area contributed by atoms with E-state index in [0.29, 0.717) is 0 Å². The lowest BCUT2D eigenvalue weighted by molar-refractivity contribution is -0.141. The molecule has 0 fully saturated rings. The normalized spacial score (nSPS) is 12.4. The highest BCUT2D eigenvalue weighted by Crippen LogP contribution is 2.21. The number of methoxy groups -OCH3 is 1. The zero-order valence-corrected chi connectivity index (χ0v) is 10.2. The Balaban J connectivity index is 2.44. The van der Waals surface area contributed by atoms with Gasteiger partial charge >= 0.3 is 5.97 Å². The molecule has 1 heterocycles. The Hall–Kier alpha value is -1.90. The van der Waals surface area contributed by atoms with Gasteiger partial charge < -0.3 is 4.74 Å². The van der Waals surface area contributed by atoms with Crippen LogP contribution in [-0.2, 0) is 9.53 Å². The molecule has 1 unspecified atom stereocenters. The summed E-state index contributed by atoms with van der Waals surface area (Å²) in [6, 6.07) is 9.84. The Labute approximate surface area is 100 Å². The molecule has 0 bridgehead atoms. The lowest BCUT2D eigenvalue weighted by Gasteiger charge is -2.10. The number of carbonyl (C=O) groups excluding carboxylic acids is 1. The SMILES string of the molecule is COC(=O)C(C)c1ccc2nc(C)ccc2c1. The van der Waals surface area contributed by atoms with Crippen LogP contribution in [0.2, 0.25) is 0 Å². The van der Waals surface area contributed by atoms with Gasteiger partial charge in [0.2, 0.25) is 0 Å². The van der Waals surface area contributed by atoms with Crippen LogP contribution in [0.3, 0.4) is 0 Å². The maximum Gasteiger partial charge on any atom is 0.312 e.